The van der Waals surface area contributed by atoms with E-state index in [-0.39, 0.29) is 11.9 Å². The first-order chi connectivity index (χ1) is 9.65. The molecule has 2 aliphatic rings. The van der Waals surface area contributed by atoms with Crippen molar-refractivity contribution in [2.75, 3.05) is 0 Å². The molecule has 4 nitrogen and oxygen atoms in total. The molecule has 0 atom stereocenters. The number of ether oxygens (including phenoxy) is 2. The molecule has 0 unspecified atom stereocenters. The Balaban J connectivity index is 0.000000200. The van der Waals surface area contributed by atoms with Crippen molar-refractivity contribution in [1.29, 1.82) is 0 Å². The van der Waals surface area contributed by atoms with Crippen molar-refractivity contribution in [3.63, 3.8) is 0 Å². The Morgan fingerprint density at radius 3 is 1.55 bits per heavy atom. The van der Waals surface area contributed by atoms with Crippen LogP contribution in [-0.4, -0.2) is 11.9 Å². The van der Waals surface area contributed by atoms with Gasteiger partial charge in [-0.15, -0.1) is 0 Å². The summed E-state index contributed by atoms with van der Waals surface area (Å²) in [5, 5.41) is 0. The lowest BCUT2D eigenvalue weighted by molar-refractivity contribution is -0.134. The number of allylic oxidation sites excluding steroid dienone is 4. The second-order valence-corrected chi connectivity index (χ2v) is 4.38. The zero-order valence-corrected chi connectivity index (χ0v) is 11.6. The van der Waals surface area contributed by atoms with Gasteiger partial charge in [-0.2, -0.15) is 0 Å². The van der Waals surface area contributed by atoms with Gasteiger partial charge in [0, 0.05) is 25.0 Å². The average molecular weight is 276 g/mol. The third-order valence-corrected chi connectivity index (χ3v) is 2.80. The lowest BCUT2D eigenvalue weighted by atomic mass is 10.4. The lowest BCUT2D eigenvalue weighted by Crippen LogP contribution is -1.97. The van der Waals surface area contributed by atoms with Gasteiger partial charge in [0.05, 0.1) is 0 Å². The van der Waals surface area contributed by atoms with E-state index in [1.54, 1.807) is 0 Å². The predicted molar refractivity (Wildman–Crippen MR) is 76.4 cm³/mol. The molecule has 0 aromatic heterocycles. The highest BCUT2D eigenvalue weighted by molar-refractivity contribution is 5.82. The van der Waals surface area contributed by atoms with Crippen LogP contribution in [0.4, 0.5) is 0 Å². The number of hydrogen-bond donors (Lipinski definition) is 0. The summed E-state index contributed by atoms with van der Waals surface area (Å²) in [4.78, 5) is 21.2. The molecule has 2 aliphatic carbocycles. The Labute approximate surface area is 119 Å². The van der Waals surface area contributed by atoms with E-state index in [0.717, 1.165) is 50.0 Å². The average Bonchev–Trinajstić information content (AvgIpc) is 3.12. The van der Waals surface area contributed by atoms with Gasteiger partial charge < -0.3 is 9.47 Å². The van der Waals surface area contributed by atoms with E-state index in [9.17, 15) is 9.59 Å². The van der Waals surface area contributed by atoms with Crippen molar-refractivity contribution in [3.05, 3.63) is 49.0 Å². The van der Waals surface area contributed by atoms with E-state index in [1.165, 1.54) is 12.2 Å². The van der Waals surface area contributed by atoms with Crippen LogP contribution in [-0.2, 0) is 19.1 Å². The molecule has 0 fully saturated rings. The van der Waals surface area contributed by atoms with Crippen LogP contribution >= 0.6 is 0 Å². The van der Waals surface area contributed by atoms with Crippen LogP contribution in [0.15, 0.2) is 49.0 Å². The van der Waals surface area contributed by atoms with Gasteiger partial charge in [-0.25, -0.2) is 9.59 Å². The second-order valence-electron chi connectivity index (χ2n) is 4.38. The summed E-state index contributed by atoms with van der Waals surface area (Å²) in [7, 11) is 0. The van der Waals surface area contributed by atoms with Crippen LogP contribution in [0.25, 0.3) is 0 Å². The molecule has 20 heavy (non-hydrogen) atoms. The first kappa shape index (κ1) is 16.0. The lowest BCUT2D eigenvalue weighted by Gasteiger charge is -1.98. The Bertz CT molecular complexity index is 401. The van der Waals surface area contributed by atoms with Crippen LogP contribution in [0.1, 0.15) is 38.5 Å². The van der Waals surface area contributed by atoms with E-state index >= 15 is 0 Å². The molecule has 0 N–H and O–H groups in total. The standard InChI is InChI=1S/2C8H10O2/c2*1-2-8(9)10-7-5-3-4-6-7/h2*2,5H,1,3-4,6H2. The molecule has 0 spiro atoms. The third kappa shape index (κ3) is 6.18. The first-order valence-corrected chi connectivity index (χ1v) is 6.72. The molecule has 2 rings (SSSR count). The maximum absolute atomic E-state index is 10.6. The van der Waals surface area contributed by atoms with Crippen LogP contribution in [0.2, 0.25) is 0 Å². The largest absolute Gasteiger partial charge is 0.428 e. The molecule has 0 aliphatic heterocycles. The van der Waals surface area contributed by atoms with Crippen LogP contribution in [0.5, 0.6) is 0 Å². The fourth-order valence-electron chi connectivity index (χ4n) is 1.81. The minimum Gasteiger partial charge on any atom is -0.428 e. The number of esters is 2. The predicted octanol–water partition coefficient (Wildman–Crippen LogP) is 3.57. The molecule has 0 saturated carbocycles. The Hall–Kier alpha value is -2.10. The maximum Gasteiger partial charge on any atom is 0.335 e. The monoisotopic (exact) mass is 276 g/mol. The highest BCUT2D eigenvalue weighted by Crippen LogP contribution is 2.18. The summed E-state index contributed by atoms with van der Waals surface area (Å²) in [5.74, 6) is 0.885. The molecule has 4 heteroatoms. The summed E-state index contributed by atoms with van der Waals surface area (Å²) >= 11 is 0. The zero-order valence-electron chi connectivity index (χ0n) is 11.6. The fourth-order valence-corrected chi connectivity index (χ4v) is 1.81. The Morgan fingerprint density at radius 1 is 0.900 bits per heavy atom. The third-order valence-electron chi connectivity index (χ3n) is 2.80. The van der Waals surface area contributed by atoms with Gasteiger partial charge in [0.15, 0.2) is 0 Å². The van der Waals surface area contributed by atoms with E-state index < -0.39 is 0 Å². The van der Waals surface area contributed by atoms with Crippen molar-refractivity contribution < 1.29 is 19.1 Å². The van der Waals surface area contributed by atoms with Crippen molar-refractivity contribution in [2.24, 2.45) is 0 Å². The molecule has 0 aromatic carbocycles. The van der Waals surface area contributed by atoms with Gasteiger partial charge >= 0.3 is 11.9 Å². The molecule has 108 valence electrons. The summed E-state index contributed by atoms with van der Waals surface area (Å²) in [6, 6.07) is 0. The van der Waals surface area contributed by atoms with Gasteiger partial charge in [-0.1, -0.05) is 13.2 Å². The summed E-state index contributed by atoms with van der Waals surface area (Å²) in [5.41, 5.74) is 0. The molecular formula is C16H20O4. The number of carbonyl (C=O) groups excluding carboxylic acids is 2. The van der Waals surface area contributed by atoms with Gasteiger partial charge in [-0.3, -0.25) is 0 Å². The normalized spacial score (nSPS) is 16.2. The van der Waals surface area contributed by atoms with Gasteiger partial charge in [0.2, 0.25) is 0 Å². The number of rotatable bonds is 4. The topological polar surface area (TPSA) is 52.6 Å². The minimum atomic E-state index is -0.354. The molecule has 0 bridgehead atoms. The van der Waals surface area contributed by atoms with Gasteiger partial charge in [0.25, 0.3) is 0 Å². The molecule has 0 aromatic rings. The van der Waals surface area contributed by atoms with Crippen LogP contribution in [0, 0.1) is 0 Å². The highest BCUT2D eigenvalue weighted by Gasteiger charge is 2.08. The summed E-state index contributed by atoms with van der Waals surface area (Å²) in [6.45, 7) is 6.60. The first-order valence-electron chi connectivity index (χ1n) is 6.72. The van der Waals surface area contributed by atoms with Gasteiger partial charge in [0.1, 0.15) is 11.5 Å². The molecule has 0 amide bonds. The molecule has 0 radical (unpaired) electrons. The van der Waals surface area contributed by atoms with Crippen molar-refractivity contribution in [1.82, 2.24) is 0 Å². The smallest absolute Gasteiger partial charge is 0.335 e. The van der Waals surface area contributed by atoms with Crippen molar-refractivity contribution >= 4 is 11.9 Å². The quantitative estimate of drug-likeness (QED) is 0.582. The molecule has 0 heterocycles. The van der Waals surface area contributed by atoms with Crippen molar-refractivity contribution in [2.45, 2.75) is 38.5 Å². The van der Waals surface area contributed by atoms with Gasteiger partial charge in [-0.05, 0) is 37.8 Å². The SMILES string of the molecule is C=CC(=O)OC1=CCCC1.C=CC(=O)OC1=CCCC1. The Morgan fingerprint density at radius 2 is 1.30 bits per heavy atom. The van der Waals surface area contributed by atoms with E-state index in [4.69, 9.17) is 9.47 Å². The molecule has 0 saturated heterocycles. The second kappa shape index (κ2) is 8.91. The number of carbonyl (C=O) groups is 2. The fraction of sp³-hybridized carbons (Fsp3) is 0.375. The highest BCUT2D eigenvalue weighted by atomic mass is 16.5. The van der Waals surface area contributed by atoms with E-state index in [2.05, 4.69) is 13.2 Å². The maximum atomic E-state index is 10.6. The van der Waals surface area contributed by atoms with Crippen LogP contribution < -0.4 is 0 Å². The number of hydrogen-bond acceptors (Lipinski definition) is 4. The Kier molecular flexibility index (Phi) is 7.11. The summed E-state index contributed by atoms with van der Waals surface area (Å²) < 4.78 is 9.73. The van der Waals surface area contributed by atoms with Crippen LogP contribution in [0.3, 0.4) is 0 Å². The van der Waals surface area contributed by atoms with E-state index in [1.807, 2.05) is 12.2 Å². The van der Waals surface area contributed by atoms with E-state index in [0.29, 0.717) is 0 Å². The zero-order chi connectivity index (χ0) is 14.8. The van der Waals surface area contributed by atoms with Crippen molar-refractivity contribution in [3.8, 4) is 0 Å². The minimum absolute atomic E-state index is 0.354. The summed E-state index contributed by atoms with van der Waals surface area (Å²) in [6.07, 6.45) is 12.3. The molecular weight excluding hydrogens is 256 g/mol.